The molecule has 1 aliphatic carbocycles. The van der Waals surface area contributed by atoms with E-state index in [0.717, 1.165) is 30.5 Å². The van der Waals surface area contributed by atoms with Crippen molar-refractivity contribution in [2.75, 3.05) is 6.61 Å². The number of halogens is 1. The van der Waals surface area contributed by atoms with Crippen LogP contribution in [0.2, 0.25) is 0 Å². The third kappa shape index (κ3) is 5.92. The average Bonchev–Trinajstić information content (AvgIpc) is 2.95. The van der Waals surface area contributed by atoms with E-state index in [1.54, 1.807) is 19.1 Å². The van der Waals surface area contributed by atoms with E-state index in [2.05, 4.69) is 4.98 Å². The summed E-state index contributed by atoms with van der Waals surface area (Å²) in [6.45, 7) is 4.14. The van der Waals surface area contributed by atoms with Crippen molar-refractivity contribution in [1.82, 2.24) is 4.98 Å². The molecule has 0 aliphatic heterocycles. The van der Waals surface area contributed by atoms with Gasteiger partial charge in [-0.05, 0) is 63.8 Å². The Bertz CT molecular complexity index is 641. The van der Waals surface area contributed by atoms with Gasteiger partial charge < -0.3 is 19.4 Å². The highest BCUT2D eigenvalue weighted by Gasteiger charge is 2.21. The van der Waals surface area contributed by atoms with E-state index in [-0.39, 0.29) is 24.6 Å². The first kappa shape index (κ1) is 19.6. The van der Waals surface area contributed by atoms with E-state index in [0.29, 0.717) is 24.7 Å². The maximum Gasteiger partial charge on any atom is 0.226 e. The number of oxazole rings is 1. The fourth-order valence-corrected chi connectivity index (χ4v) is 2.75. The standard InChI is InChI=1S/C17H20FNO3.C2H6O/c1-11-16(10-21-15-4-2-3-14(20)9-15)19-17(22-11)12-5-7-13(18)8-6-12;1-2-3/h5-8,14-15,20H,2-4,9-10H2,1H3;3H,2H2,1H3/t14-,15+;/m0./s1. The van der Waals surface area contributed by atoms with Gasteiger partial charge in [0.05, 0.1) is 18.8 Å². The Morgan fingerprint density at radius 1 is 1.28 bits per heavy atom. The maximum atomic E-state index is 13.0. The van der Waals surface area contributed by atoms with Crippen molar-refractivity contribution in [3.05, 3.63) is 41.5 Å². The van der Waals surface area contributed by atoms with Gasteiger partial charge in [-0.3, -0.25) is 0 Å². The molecule has 1 aliphatic rings. The van der Waals surface area contributed by atoms with Crippen molar-refractivity contribution in [1.29, 1.82) is 0 Å². The van der Waals surface area contributed by atoms with Crippen LogP contribution in [-0.2, 0) is 11.3 Å². The summed E-state index contributed by atoms with van der Waals surface area (Å²) in [6, 6.07) is 6.05. The Kier molecular flexibility index (Phi) is 7.55. The van der Waals surface area contributed by atoms with Gasteiger partial charge in [0.25, 0.3) is 0 Å². The first-order valence-corrected chi connectivity index (χ1v) is 8.66. The molecule has 2 aromatic rings. The zero-order valence-electron chi connectivity index (χ0n) is 14.7. The summed E-state index contributed by atoms with van der Waals surface area (Å²) in [7, 11) is 0. The van der Waals surface area contributed by atoms with Crippen LogP contribution in [0.25, 0.3) is 11.5 Å². The summed E-state index contributed by atoms with van der Waals surface area (Å²) in [6.07, 6.45) is 3.32. The summed E-state index contributed by atoms with van der Waals surface area (Å²) < 4.78 is 24.4. The molecule has 0 amide bonds. The molecule has 25 heavy (non-hydrogen) atoms. The number of aromatic nitrogens is 1. The van der Waals surface area contributed by atoms with Crippen LogP contribution in [0, 0.1) is 12.7 Å². The fraction of sp³-hybridized carbons (Fsp3) is 0.526. The first-order chi connectivity index (χ1) is 12.0. The lowest BCUT2D eigenvalue weighted by molar-refractivity contribution is -0.0240. The zero-order valence-corrected chi connectivity index (χ0v) is 14.7. The second-order valence-electron chi connectivity index (χ2n) is 6.10. The first-order valence-electron chi connectivity index (χ1n) is 8.66. The van der Waals surface area contributed by atoms with Crippen LogP contribution in [0.15, 0.2) is 28.7 Å². The van der Waals surface area contributed by atoms with Gasteiger partial charge in [0, 0.05) is 12.2 Å². The lowest BCUT2D eigenvalue weighted by Gasteiger charge is -2.25. The Morgan fingerprint density at radius 2 is 1.96 bits per heavy atom. The van der Waals surface area contributed by atoms with Gasteiger partial charge in [0.2, 0.25) is 5.89 Å². The molecule has 6 heteroatoms. The quantitative estimate of drug-likeness (QED) is 0.880. The van der Waals surface area contributed by atoms with Gasteiger partial charge in [0.15, 0.2) is 0 Å². The molecular formula is C19H26FNO4. The molecule has 1 aromatic heterocycles. The monoisotopic (exact) mass is 351 g/mol. The number of rotatable bonds is 4. The minimum absolute atomic E-state index is 0.0779. The molecule has 2 N–H and O–H groups in total. The highest BCUT2D eigenvalue weighted by atomic mass is 19.1. The lowest BCUT2D eigenvalue weighted by atomic mass is 9.95. The van der Waals surface area contributed by atoms with Crippen LogP contribution in [-0.4, -0.2) is 34.0 Å². The van der Waals surface area contributed by atoms with Crippen molar-refractivity contribution in [3.63, 3.8) is 0 Å². The number of aryl methyl sites for hydroxylation is 1. The zero-order chi connectivity index (χ0) is 18.2. The molecule has 0 saturated heterocycles. The molecule has 0 radical (unpaired) electrons. The molecule has 3 rings (SSSR count). The van der Waals surface area contributed by atoms with Crippen molar-refractivity contribution in [2.45, 2.75) is 58.3 Å². The van der Waals surface area contributed by atoms with Crippen LogP contribution in [0.5, 0.6) is 0 Å². The maximum absolute atomic E-state index is 13.0. The third-order valence-corrected chi connectivity index (χ3v) is 4.04. The van der Waals surface area contributed by atoms with E-state index in [4.69, 9.17) is 14.3 Å². The number of hydrogen-bond acceptors (Lipinski definition) is 5. The van der Waals surface area contributed by atoms with Crippen molar-refractivity contribution in [3.8, 4) is 11.5 Å². The predicted octanol–water partition coefficient (Wildman–Crippen LogP) is 3.61. The largest absolute Gasteiger partial charge is 0.441 e. The van der Waals surface area contributed by atoms with Gasteiger partial charge in [-0.1, -0.05) is 0 Å². The highest BCUT2D eigenvalue weighted by Crippen LogP contribution is 2.25. The van der Waals surface area contributed by atoms with Crippen LogP contribution in [0.4, 0.5) is 4.39 Å². The number of ether oxygens (including phenoxy) is 1. The minimum Gasteiger partial charge on any atom is -0.441 e. The molecule has 5 nitrogen and oxygen atoms in total. The summed E-state index contributed by atoms with van der Waals surface area (Å²) in [5.74, 6) is 0.891. The summed E-state index contributed by atoms with van der Waals surface area (Å²) in [5, 5.41) is 17.2. The fourth-order valence-electron chi connectivity index (χ4n) is 2.75. The topological polar surface area (TPSA) is 75.7 Å². The number of aliphatic hydroxyl groups excluding tert-OH is 2. The molecule has 1 fully saturated rings. The van der Waals surface area contributed by atoms with Gasteiger partial charge in [-0.25, -0.2) is 9.37 Å². The van der Waals surface area contributed by atoms with Crippen LogP contribution in [0.3, 0.4) is 0 Å². The second-order valence-corrected chi connectivity index (χ2v) is 6.10. The van der Waals surface area contributed by atoms with Crippen molar-refractivity contribution >= 4 is 0 Å². The molecule has 0 bridgehead atoms. The lowest BCUT2D eigenvalue weighted by Crippen LogP contribution is -2.25. The molecule has 0 spiro atoms. The Balaban J connectivity index is 0.000000701. The average molecular weight is 351 g/mol. The number of hydrogen-bond donors (Lipinski definition) is 2. The molecule has 0 unspecified atom stereocenters. The molecule has 1 heterocycles. The second kappa shape index (κ2) is 9.65. The summed E-state index contributed by atoms with van der Waals surface area (Å²) in [4.78, 5) is 4.44. The van der Waals surface area contributed by atoms with Crippen LogP contribution in [0.1, 0.15) is 44.1 Å². The minimum atomic E-state index is -0.286. The molecule has 1 aromatic carbocycles. The number of aliphatic hydroxyl groups is 2. The van der Waals surface area contributed by atoms with E-state index >= 15 is 0 Å². The predicted molar refractivity (Wildman–Crippen MR) is 92.4 cm³/mol. The highest BCUT2D eigenvalue weighted by molar-refractivity contribution is 5.53. The number of benzene rings is 1. The Morgan fingerprint density at radius 3 is 2.60 bits per heavy atom. The molecule has 2 atom stereocenters. The normalized spacial score (nSPS) is 20.0. The smallest absolute Gasteiger partial charge is 0.226 e. The van der Waals surface area contributed by atoms with E-state index in [1.165, 1.54) is 12.1 Å². The van der Waals surface area contributed by atoms with E-state index in [1.807, 2.05) is 6.92 Å². The molecule has 1 saturated carbocycles. The van der Waals surface area contributed by atoms with Gasteiger partial charge in [0.1, 0.15) is 17.3 Å². The molecule has 138 valence electrons. The summed E-state index contributed by atoms with van der Waals surface area (Å²) in [5.41, 5.74) is 1.49. The molecular weight excluding hydrogens is 325 g/mol. The SMILES string of the molecule is CCO.Cc1oc(-c2ccc(F)cc2)nc1CO[C@@H]1CCC[C@H](O)C1. The summed E-state index contributed by atoms with van der Waals surface area (Å²) >= 11 is 0. The van der Waals surface area contributed by atoms with Gasteiger partial charge in [-0.15, -0.1) is 0 Å². The van der Waals surface area contributed by atoms with Crippen LogP contribution < -0.4 is 0 Å². The van der Waals surface area contributed by atoms with E-state index < -0.39 is 0 Å². The van der Waals surface area contributed by atoms with Gasteiger partial charge >= 0.3 is 0 Å². The van der Waals surface area contributed by atoms with Crippen molar-refractivity contribution in [2.24, 2.45) is 0 Å². The van der Waals surface area contributed by atoms with Crippen LogP contribution >= 0.6 is 0 Å². The number of nitrogens with zero attached hydrogens (tertiary/aromatic N) is 1. The third-order valence-electron chi connectivity index (χ3n) is 4.04. The van der Waals surface area contributed by atoms with Gasteiger partial charge in [-0.2, -0.15) is 0 Å². The Hall–Kier alpha value is -1.76. The Labute approximate surface area is 147 Å². The van der Waals surface area contributed by atoms with E-state index in [9.17, 15) is 9.50 Å². The van der Waals surface area contributed by atoms with Crippen molar-refractivity contribution < 1.29 is 23.8 Å².